The number of carbonyl (C=O) groups excluding carboxylic acids is 1. The molecule has 1 fully saturated rings. The average Bonchev–Trinajstić information content (AvgIpc) is 2.82. The Balaban J connectivity index is 2.01. The largest absolute Gasteiger partial charge is 0.347 e. The van der Waals surface area contributed by atoms with Gasteiger partial charge >= 0.3 is 0 Å². The maximum Gasteiger partial charge on any atom is 0.270 e. The summed E-state index contributed by atoms with van der Waals surface area (Å²) in [6, 6.07) is 5.41. The molecule has 0 bridgehead atoms. The molecule has 1 saturated heterocycles. The zero-order valence-corrected chi connectivity index (χ0v) is 9.59. The summed E-state index contributed by atoms with van der Waals surface area (Å²) in [5.41, 5.74) is 2.82. The number of rotatable bonds is 3. The summed E-state index contributed by atoms with van der Waals surface area (Å²) in [5.74, 6) is 7.69. The molecule has 1 aromatic heterocycles. The summed E-state index contributed by atoms with van der Waals surface area (Å²) >= 11 is 1.86. The van der Waals surface area contributed by atoms with Gasteiger partial charge in [0.15, 0.2) is 0 Å². The zero-order chi connectivity index (χ0) is 11.4. The molecule has 16 heavy (non-hydrogen) atoms. The lowest BCUT2D eigenvalue weighted by Gasteiger charge is -2.11. The van der Waals surface area contributed by atoms with E-state index in [0.29, 0.717) is 11.5 Å². The van der Waals surface area contributed by atoms with E-state index in [4.69, 9.17) is 5.84 Å². The highest BCUT2D eigenvalue weighted by molar-refractivity contribution is 7.99. The molecule has 5 nitrogen and oxygen atoms in total. The van der Waals surface area contributed by atoms with E-state index in [1.807, 2.05) is 11.8 Å². The number of pyridine rings is 1. The first-order valence-electron chi connectivity index (χ1n) is 5.12. The quantitative estimate of drug-likeness (QED) is 0.531. The number of nitrogens with one attached hydrogen (secondary N) is 2. The highest BCUT2D eigenvalue weighted by Gasteiger charge is 2.18. The molecular formula is C10H14N4OS. The van der Waals surface area contributed by atoms with E-state index in [0.717, 1.165) is 17.9 Å². The van der Waals surface area contributed by atoms with Crippen LogP contribution < -0.4 is 16.6 Å². The fourth-order valence-electron chi connectivity index (χ4n) is 1.55. The number of amides is 1. The normalized spacial score (nSPS) is 19.4. The molecule has 4 N–H and O–H groups in total. The third-order valence-electron chi connectivity index (χ3n) is 2.39. The molecule has 0 saturated carbocycles. The lowest BCUT2D eigenvalue weighted by atomic mass is 10.2. The number of hydrogen-bond donors (Lipinski definition) is 3. The summed E-state index contributed by atoms with van der Waals surface area (Å²) < 4.78 is 0. The molecule has 1 aliphatic rings. The minimum Gasteiger partial charge on any atom is -0.347 e. The van der Waals surface area contributed by atoms with Crippen LogP contribution in [0.15, 0.2) is 18.2 Å². The molecule has 1 amide bonds. The Morgan fingerprint density at radius 1 is 1.56 bits per heavy atom. The molecule has 0 aliphatic carbocycles. The van der Waals surface area contributed by atoms with Crippen LogP contribution in [0.5, 0.6) is 0 Å². The summed E-state index contributed by atoms with van der Waals surface area (Å²) in [4.78, 5) is 15.9. The molecule has 2 rings (SSSR count). The number of nitrogens with two attached hydrogens (primary N) is 1. The fraction of sp³-hybridized carbons (Fsp3) is 0.400. The van der Waals surface area contributed by atoms with E-state index in [-0.39, 0.29) is 11.9 Å². The van der Waals surface area contributed by atoms with Crippen molar-refractivity contribution in [2.24, 2.45) is 5.84 Å². The summed E-state index contributed by atoms with van der Waals surface area (Å²) in [6.07, 6.45) is 1.03. The predicted molar refractivity (Wildman–Crippen MR) is 65.2 cm³/mol. The van der Waals surface area contributed by atoms with Crippen LogP contribution >= 0.6 is 11.8 Å². The van der Waals surface area contributed by atoms with Crippen LogP contribution in [0.25, 0.3) is 0 Å². The number of nitrogen functional groups attached to an aromatic ring is 1. The van der Waals surface area contributed by atoms with Gasteiger partial charge in [0, 0.05) is 11.8 Å². The zero-order valence-electron chi connectivity index (χ0n) is 8.77. The van der Waals surface area contributed by atoms with E-state index in [1.54, 1.807) is 18.2 Å². The van der Waals surface area contributed by atoms with Gasteiger partial charge in [0.05, 0.1) is 0 Å². The van der Waals surface area contributed by atoms with Crippen LogP contribution in [0.1, 0.15) is 16.9 Å². The highest BCUT2D eigenvalue weighted by atomic mass is 32.2. The van der Waals surface area contributed by atoms with E-state index >= 15 is 0 Å². The second-order valence-corrected chi connectivity index (χ2v) is 4.74. The SMILES string of the molecule is NNc1cccc(C(=O)NC2CCSC2)n1. The van der Waals surface area contributed by atoms with Gasteiger partial charge < -0.3 is 10.7 Å². The molecular weight excluding hydrogens is 224 g/mol. The third kappa shape index (κ3) is 2.65. The lowest BCUT2D eigenvalue weighted by molar-refractivity contribution is 0.0936. The van der Waals surface area contributed by atoms with Crippen LogP contribution in [0, 0.1) is 0 Å². The number of nitrogens with zero attached hydrogens (tertiary/aromatic N) is 1. The van der Waals surface area contributed by atoms with E-state index in [2.05, 4.69) is 15.7 Å². The van der Waals surface area contributed by atoms with Crippen molar-refractivity contribution in [1.82, 2.24) is 10.3 Å². The first kappa shape index (κ1) is 11.2. The van der Waals surface area contributed by atoms with Gasteiger partial charge in [-0.1, -0.05) is 6.07 Å². The first-order chi connectivity index (χ1) is 7.79. The molecule has 0 aromatic carbocycles. The average molecular weight is 238 g/mol. The van der Waals surface area contributed by atoms with Gasteiger partial charge in [-0.25, -0.2) is 10.8 Å². The summed E-state index contributed by atoms with van der Waals surface area (Å²) in [5, 5.41) is 2.96. The highest BCUT2D eigenvalue weighted by Crippen LogP contribution is 2.17. The van der Waals surface area contributed by atoms with Gasteiger partial charge in [-0.3, -0.25) is 4.79 Å². The Morgan fingerprint density at radius 3 is 3.12 bits per heavy atom. The van der Waals surface area contributed by atoms with Gasteiger partial charge in [0.2, 0.25) is 0 Å². The summed E-state index contributed by atoms with van der Waals surface area (Å²) in [7, 11) is 0. The van der Waals surface area contributed by atoms with Crippen molar-refractivity contribution in [1.29, 1.82) is 0 Å². The maximum atomic E-state index is 11.8. The van der Waals surface area contributed by atoms with Crippen LogP contribution in [-0.4, -0.2) is 28.4 Å². The van der Waals surface area contributed by atoms with Crippen molar-refractivity contribution < 1.29 is 4.79 Å². The Bertz CT molecular complexity index is 379. The summed E-state index contributed by atoms with van der Waals surface area (Å²) in [6.45, 7) is 0. The molecule has 2 heterocycles. The Kier molecular flexibility index (Phi) is 3.63. The standard InChI is InChI=1S/C10H14N4OS/c11-14-9-3-1-2-8(13-9)10(15)12-7-4-5-16-6-7/h1-3,7H,4-6,11H2,(H,12,15)(H,13,14). The maximum absolute atomic E-state index is 11.8. The smallest absolute Gasteiger partial charge is 0.270 e. The number of hydrogen-bond acceptors (Lipinski definition) is 5. The molecule has 0 spiro atoms. The van der Waals surface area contributed by atoms with Crippen molar-refractivity contribution in [3.8, 4) is 0 Å². The Hall–Kier alpha value is -1.27. The van der Waals surface area contributed by atoms with Crippen molar-refractivity contribution in [3.63, 3.8) is 0 Å². The molecule has 6 heteroatoms. The number of anilines is 1. The molecule has 0 radical (unpaired) electrons. The van der Waals surface area contributed by atoms with E-state index in [1.165, 1.54) is 0 Å². The molecule has 1 aromatic rings. The Labute approximate surface area is 98.2 Å². The van der Waals surface area contributed by atoms with Gasteiger partial charge in [0.1, 0.15) is 11.5 Å². The topological polar surface area (TPSA) is 80.0 Å². The van der Waals surface area contributed by atoms with Crippen molar-refractivity contribution >= 4 is 23.5 Å². The lowest BCUT2D eigenvalue weighted by Crippen LogP contribution is -2.35. The van der Waals surface area contributed by atoms with Gasteiger partial charge in [-0.15, -0.1) is 0 Å². The second kappa shape index (κ2) is 5.18. The first-order valence-corrected chi connectivity index (χ1v) is 6.27. The number of thioether (sulfide) groups is 1. The Morgan fingerprint density at radius 2 is 2.44 bits per heavy atom. The van der Waals surface area contributed by atoms with Crippen molar-refractivity contribution in [2.45, 2.75) is 12.5 Å². The number of hydrazine groups is 1. The van der Waals surface area contributed by atoms with Crippen LogP contribution in [0.3, 0.4) is 0 Å². The van der Waals surface area contributed by atoms with Crippen molar-refractivity contribution in [3.05, 3.63) is 23.9 Å². The van der Waals surface area contributed by atoms with Crippen LogP contribution in [0.4, 0.5) is 5.82 Å². The number of aromatic nitrogens is 1. The molecule has 86 valence electrons. The second-order valence-electron chi connectivity index (χ2n) is 3.59. The number of carbonyl (C=O) groups is 1. The predicted octanol–water partition coefficient (Wildman–Crippen LogP) is 0.603. The van der Waals surface area contributed by atoms with Gasteiger partial charge in [-0.05, 0) is 24.3 Å². The van der Waals surface area contributed by atoms with Gasteiger partial charge in [0.25, 0.3) is 5.91 Å². The van der Waals surface area contributed by atoms with Crippen LogP contribution in [-0.2, 0) is 0 Å². The molecule has 1 atom stereocenters. The van der Waals surface area contributed by atoms with E-state index in [9.17, 15) is 4.79 Å². The van der Waals surface area contributed by atoms with Crippen LogP contribution in [0.2, 0.25) is 0 Å². The minimum absolute atomic E-state index is 0.135. The monoisotopic (exact) mass is 238 g/mol. The van der Waals surface area contributed by atoms with Crippen molar-refractivity contribution in [2.75, 3.05) is 16.9 Å². The molecule has 1 unspecified atom stereocenters. The molecule has 1 aliphatic heterocycles. The third-order valence-corrected chi connectivity index (χ3v) is 3.56. The van der Waals surface area contributed by atoms with E-state index < -0.39 is 0 Å². The van der Waals surface area contributed by atoms with Gasteiger partial charge in [-0.2, -0.15) is 11.8 Å². The minimum atomic E-state index is -0.135. The fourth-order valence-corrected chi connectivity index (χ4v) is 2.70.